The zero-order chi connectivity index (χ0) is 21.2. The number of aromatic nitrogens is 4. The number of anilines is 1. The predicted octanol–water partition coefficient (Wildman–Crippen LogP) is 5.06. The Hall–Kier alpha value is -4.26. The summed E-state index contributed by atoms with van der Waals surface area (Å²) in [6.45, 7) is 0. The fourth-order valence-corrected chi connectivity index (χ4v) is 3.54. The first-order valence-corrected chi connectivity index (χ1v) is 9.75. The molecule has 0 saturated carbocycles. The quantitative estimate of drug-likeness (QED) is 0.434. The maximum atomic E-state index is 5.72. The van der Waals surface area contributed by atoms with Crippen LogP contribution in [-0.4, -0.2) is 34.1 Å². The van der Waals surface area contributed by atoms with E-state index in [2.05, 4.69) is 21.4 Å². The summed E-state index contributed by atoms with van der Waals surface area (Å²) in [5, 5.41) is 4.06. The zero-order valence-corrected chi connectivity index (χ0v) is 17.0. The molecule has 0 aliphatic carbocycles. The van der Waals surface area contributed by atoms with Gasteiger partial charge < -0.3 is 14.5 Å². The van der Waals surface area contributed by atoms with Gasteiger partial charge in [0.15, 0.2) is 5.82 Å². The van der Waals surface area contributed by atoms with Crippen LogP contribution in [0.1, 0.15) is 0 Å². The van der Waals surface area contributed by atoms with Gasteiger partial charge in [-0.15, -0.1) is 0 Å². The number of nitrogens with zero attached hydrogens (tertiary/aromatic N) is 4. The molecule has 0 fully saturated rings. The summed E-state index contributed by atoms with van der Waals surface area (Å²) in [5.41, 5.74) is 4.46. The highest BCUT2D eigenvalue weighted by atomic mass is 16.5. The lowest BCUT2D eigenvalue weighted by atomic mass is 10.0. The summed E-state index contributed by atoms with van der Waals surface area (Å²) < 4.78 is 11.2. The summed E-state index contributed by atoms with van der Waals surface area (Å²) in [6, 6.07) is 15.9. The van der Waals surface area contributed by atoms with Crippen LogP contribution in [0.15, 0.2) is 77.8 Å². The maximum Gasteiger partial charge on any atom is 0.225 e. The molecule has 7 heteroatoms. The second-order valence-electron chi connectivity index (χ2n) is 6.88. The summed E-state index contributed by atoms with van der Waals surface area (Å²) in [5.74, 6) is 2.54. The average molecular weight is 409 g/mol. The van der Waals surface area contributed by atoms with Crippen LogP contribution < -0.4 is 10.1 Å². The van der Waals surface area contributed by atoms with Crippen molar-refractivity contribution in [2.45, 2.75) is 0 Å². The van der Waals surface area contributed by atoms with Crippen molar-refractivity contribution < 1.29 is 9.15 Å². The summed E-state index contributed by atoms with van der Waals surface area (Å²) in [7, 11) is 3.49. The Morgan fingerprint density at radius 3 is 2.52 bits per heavy atom. The Balaban J connectivity index is 1.69. The van der Waals surface area contributed by atoms with E-state index in [0.717, 1.165) is 33.2 Å². The Kier molecular flexibility index (Phi) is 4.76. The molecule has 31 heavy (non-hydrogen) atoms. The van der Waals surface area contributed by atoms with Gasteiger partial charge in [0.1, 0.15) is 23.3 Å². The third kappa shape index (κ3) is 3.46. The van der Waals surface area contributed by atoms with Crippen molar-refractivity contribution in [2.75, 3.05) is 19.5 Å². The number of rotatable bonds is 5. The largest absolute Gasteiger partial charge is 0.494 e. The Labute approximate surface area is 178 Å². The highest BCUT2D eigenvalue weighted by Gasteiger charge is 2.15. The van der Waals surface area contributed by atoms with Gasteiger partial charge in [-0.2, -0.15) is 0 Å². The van der Waals surface area contributed by atoms with E-state index in [1.807, 2.05) is 49.5 Å². The summed E-state index contributed by atoms with van der Waals surface area (Å²) >= 11 is 0. The van der Waals surface area contributed by atoms with E-state index in [9.17, 15) is 0 Å². The van der Waals surface area contributed by atoms with Crippen LogP contribution in [0, 0.1) is 0 Å². The molecule has 0 bridgehead atoms. The molecule has 5 rings (SSSR count). The van der Waals surface area contributed by atoms with E-state index < -0.39 is 0 Å². The standard InChI is InChI=1S/C24H19N5O2/c1-25-23-19-12-18(15-5-3-6-16(11-15)24-27-9-10-31-24)13-20(30-2)21(19)28-22(29-23)17-7-4-8-26-14-17/h3-14H,1-2H3,(H,25,28,29). The van der Waals surface area contributed by atoms with Crippen molar-refractivity contribution in [1.29, 1.82) is 0 Å². The first-order chi connectivity index (χ1) is 15.3. The van der Waals surface area contributed by atoms with Crippen LogP contribution in [0.3, 0.4) is 0 Å². The predicted molar refractivity (Wildman–Crippen MR) is 120 cm³/mol. The van der Waals surface area contributed by atoms with Crippen molar-refractivity contribution in [3.63, 3.8) is 0 Å². The monoisotopic (exact) mass is 409 g/mol. The van der Waals surface area contributed by atoms with Crippen LogP contribution in [0.2, 0.25) is 0 Å². The van der Waals surface area contributed by atoms with Crippen molar-refractivity contribution in [3.8, 4) is 39.7 Å². The fraction of sp³-hybridized carbons (Fsp3) is 0.0833. The van der Waals surface area contributed by atoms with Gasteiger partial charge in [-0.05, 0) is 47.5 Å². The number of nitrogens with one attached hydrogen (secondary N) is 1. The number of oxazole rings is 1. The molecule has 1 N–H and O–H groups in total. The second kappa shape index (κ2) is 7.87. The first kappa shape index (κ1) is 18.7. The molecule has 152 valence electrons. The van der Waals surface area contributed by atoms with Gasteiger partial charge in [0.25, 0.3) is 0 Å². The van der Waals surface area contributed by atoms with Gasteiger partial charge >= 0.3 is 0 Å². The minimum absolute atomic E-state index is 0.579. The van der Waals surface area contributed by atoms with Gasteiger partial charge in [-0.3, -0.25) is 4.98 Å². The highest BCUT2D eigenvalue weighted by Crippen LogP contribution is 2.36. The first-order valence-electron chi connectivity index (χ1n) is 9.75. The second-order valence-corrected chi connectivity index (χ2v) is 6.88. The van der Waals surface area contributed by atoms with Crippen LogP contribution in [0.5, 0.6) is 5.75 Å². The number of hydrogen-bond donors (Lipinski definition) is 1. The average Bonchev–Trinajstić information content (AvgIpc) is 3.38. The zero-order valence-electron chi connectivity index (χ0n) is 17.0. The number of methoxy groups -OCH3 is 1. The fourth-order valence-electron chi connectivity index (χ4n) is 3.54. The molecule has 0 saturated heterocycles. The number of hydrogen-bond acceptors (Lipinski definition) is 7. The lowest BCUT2D eigenvalue weighted by molar-refractivity contribution is 0.419. The van der Waals surface area contributed by atoms with Crippen molar-refractivity contribution >= 4 is 16.7 Å². The van der Waals surface area contributed by atoms with Gasteiger partial charge in [-0.25, -0.2) is 15.0 Å². The summed E-state index contributed by atoms with van der Waals surface area (Å²) in [4.78, 5) is 17.9. The van der Waals surface area contributed by atoms with E-state index in [0.29, 0.717) is 23.3 Å². The molecule has 0 unspecified atom stereocenters. The lowest BCUT2D eigenvalue weighted by Crippen LogP contribution is -2.01. The molecule has 0 spiro atoms. The molecule has 0 radical (unpaired) electrons. The molecule has 0 aliphatic heterocycles. The molecular formula is C24H19N5O2. The number of pyridine rings is 1. The number of benzene rings is 2. The Morgan fingerprint density at radius 2 is 1.77 bits per heavy atom. The SMILES string of the molecule is CNc1nc(-c2cccnc2)nc2c(OC)cc(-c3cccc(-c4ncco4)c3)cc12. The van der Waals surface area contributed by atoms with Gasteiger partial charge in [0.05, 0.1) is 13.3 Å². The Morgan fingerprint density at radius 1 is 0.903 bits per heavy atom. The normalized spacial score (nSPS) is 10.9. The van der Waals surface area contributed by atoms with Crippen molar-refractivity contribution in [2.24, 2.45) is 0 Å². The number of fused-ring (bicyclic) bond motifs is 1. The molecule has 5 aromatic rings. The molecular weight excluding hydrogens is 390 g/mol. The van der Waals surface area contributed by atoms with E-state index in [1.165, 1.54) is 0 Å². The van der Waals surface area contributed by atoms with E-state index in [-0.39, 0.29) is 0 Å². The highest BCUT2D eigenvalue weighted by molar-refractivity contribution is 5.98. The van der Waals surface area contributed by atoms with Gasteiger partial charge in [0, 0.05) is 36.0 Å². The number of ether oxygens (including phenoxy) is 1. The topological polar surface area (TPSA) is 86.0 Å². The van der Waals surface area contributed by atoms with E-state index >= 15 is 0 Å². The third-order valence-corrected chi connectivity index (χ3v) is 5.02. The van der Waals surface area contributed by atoms with E-state index in [1.54, 1.807) is 32.0 Å². The van der Waals surface area contributed by atoms with Gasteiger partial charge in [0.2, 0.25) is 5.89 Å². The van der Waals surface area contributed by atoms with Gasteiger partial charge in [-0.1, -0.05) is 12.1 Å². The van der Waals surface area contributed by atoms with Crippen LogP contribution in [0.25, 0.3) is 44.9 Å². The minimum atomic E-state index is 0.579. The molecule has 0 amide bonds. The minimum Gasteiger partial charge on any atom is -0.494 e. The molecule has 0 atom stereocenters. The molecule has 3 heterocycles. The van der Waals surface area contributed by atoms with E-state index in [4.69, 9.17) is 19.1 Å². The van der Waals surface area contributed by atoms with Crippen molar-refractivity contribution in [1.82, 2.24) is 19.9 Å². The lowest BCUT2D eigenvalue weighted by Gasteiger charge is -2.13. The molecule has 7 nitrogen and oxygen atoms in total. The van der Waals surface area contributed by atoms with Crippen molar-refractivity contribution in [3.05, 3.63) is 73.4 Å². The Bertz CT molecular complexity index is 1350. The van der Waals surface area contributed by atoms with Crippen LogP contribution in [0.4, 0.5) is 5.82 Å². The van der Waals surface area contributed by atoms with Crippen LogP contribution in [-0.2, 0) is 0 Å². The third-order valence-electron chi connectivity index (χ3n) is 5.02. The molecule has 0 aliphatic rings. The molecule has 2 aromatic carbocycles. The smallest absolute Gasteiger partial charge is 0.225 e. The molecule has 3 aromatic heterocycles. The summed E-state index contributed by atoms with van der Waals surface area (Å²) in [6.07, 6.45) is 6.67. The van der Waals surface area contributed by atoms with Crippen LogP contribution >= 0.6 is 0 Å². The maximum absolute atomic E-state index is 5.72.